The molecule has 2 atom stereocenters. The zero-order valence-corrected chi connectivity index (χ0v) is 15.1. The van der Waals surface area contributed by atoms with Crippen molar-refractivity contribution < 1.29 is 18.7 Å². The number of carbonyl (C=O) groups excluding carboxylic acids is 1. The lowest BCUT2D eigenvalue weighted by Crippen LogP contribution is -2.46. The Bertz CT molecular complexity index is 596. The SMILES string of the molecule is COc1ccc(/C=C/C(=O)NCCCN2CC(C)OC(C)C2)cc1F. The molecule has 0 saturated carbocycles. The molecule has 1 aliphatic heterocycles. The Hall–Kier alpha value is -1.92. The number of carbonyl (C=O) groups is 1. The third kappa shape index (κ3) is 6.48. The second kappa shape index (κ2) is 9.53. The molecule has 2 unspecified atom stereocenters. The van der Waals surface area contributed by atoms with Gasteiger partial charge in [0.1, 0.15) is 0 Å². The van der Waals surface area contributed by atoms with Crippen LogP contribution >= 0.6 is 0 Å². The third-order valence-electron chi connectivity index (χ3n) is 4.05. The van der Waals surface area contributed by atoms with E-state index in [4.69, 9.17) is 9.47 Å². The van der Waals surface area contributed by atoms with Crippen molar-refractivity contribution in [3.63, 3.8) is 0 Å². The average Bonchev–Trinajstić information content (AvgIpc) is 2.56. The van der Waals surface area contributed by atoms with Crippen molar-refractivity contribution in [1.29, 1.82) is 0 Å². The zero-order chi connectivity index (χ0) is 18.2. The molecule has 1 aromatic carbocycles. The summed E-state index contributed by atoms with van der Waals surface area (Å²) in [5.74, 6) is -0.438. The van der Waals surface area contributed by atoms with Crippen LogP contribution in [0.15, 0.2) is 24.3 Å². The summed E-state index contributed by atoms with van der Waals surface area (Å²) in [5, 5.41) is 2.85. The van der Waals surface area contributed by atoms with Crippen LogP contribution in [-0.4, -0.2) is 56.3 Å². The highest BCUT2D eigenvalue weighted by Crippen LogP contribution is 2.18. The maximum Gasteiger partial charge on any atom is 0.243 e. The van der Waals surface area contributed by atoms with E-state index in [9.17, 15) is 9.18 Å². The van der Waals surface area contributed by atoms with Crippen molar-refractivity contribution in [2.24, 2.45) is 0 Å². The third-order valence-corrected chi connectivity index (χ3v) is 4.05. The number of ether oxygens (including phenoxy) is 2. The van der Waals surface area contributed by atoms with Crippen molar-refractivity contribution in [3.8, 4) is 5.75 Å². The van der Waals surface area contributed by atoms with E-state index >= 15 is 0 Å². The second-order valence-electron chi connectivity index (χ2n) is 6.39. The van der Waals surface area contributed by atoms with Crippen molar-refractivity contribution in [2.45, 2.75) is 32.5 Å². The molecule has 138 valence electrons. The number of hydrogen-bond donors (Lipinski definition) is 1. The van der Waals surface area contributed by atoms with E-state index < -0.39 is 5.82 Å². The van der Waals surface area contributed by atoms with Crippen molar-refractivity contribution in [1.82, 2.24) is 10.2 Å². The van der Waals surface area contributed by atoms with E-state index in [1.165, 1.54) is 25.3 Å². The van der Waals surface area contributed by atoms with Gasteiger partial charge >= 0.3 is 0 Å². The van der Waals surface area contributed by atoms with E-state index in [1.54, 1.807) is 12.1 Å². The fourth-order valence-electron chi connectivity index (χ4n) is 3.00. The molecule has 1 aromatic rings. The summed E-state index contributed by atoms with van der Waals surface area (Å²) >= 11 is 0. The van der Waals surface area contributed by atoms with Crippen LogP contribution in [0.3, 0.4) is 0 Å². The lowest BCUT2D eigenvalue weighted by molar-refractivity contribution is -0.116. The van der Waals surface area contributed by atoms with Crippen LogP contribution in [0.4, 0.5) is 4.39 Å². The first-order valence-corrected chi connectivity index (χ1v) is 8.65. The molecule has 0 spiro atoms. The molecule has 1 saturated heterocycles. The van der Waals surface area contributed by atoms with Crippen LogP contribution < -0.4 is 10.1 Å². The first-order valence-electron chi connectivity index (χ1n) is 8.65. The standard InChI is InChI=1S/C19H27FN2O3/c1-14-12-22(13-15(2)25-14)10-4-9-21-19(23)8-6-16-5-7-18(24-3)17(20)11-16/h5-8,11,14-15H,4,9-10,12-13H2,1-3H3,(H,21,23)/b8-6+. The predicted molar refractivity (Wildman–Crippen MR) is 96.1 cm³/mol. The van der Waals surface area contributed by atoms with Gasteiger partial charge in [0.25, 0.3) is 0 Å². The van der Waals surface area contributed by atoms with Gasteiger partial charge < -0.3 is 14.8 Å². The number of morpholine rings is 1. The Morgan fingerprint density at radius 3 is 2.76 bits per heavy atom. The number of halogens is 1. The molecular weight excluding hydrogens is 323 g/mol. The highest BCUT2D eigenvalue weighted by Gasteiger charge is 2.21. The second-order valence-corrected chi connectivity index (χ2v) is 6.39. The number of benzene rings is 1. The smallest absolute Gasteiger partial charge is 0.243 e. The molecule has 0 bridgehead atoms. The molecule has 0 aromatic heterocycles. The zero-order valence-electron chi connectivity index (χ0n) is 15.1. The summed E-state index contributed by atoms with van der Waals surface area (Å²) in [6, 6.07) is 4.58. The van der Waals surface area contributed by atoms with Gasteiger partial charge in [-0.2, -0.15) is 0 Å². The number of nitrogens with zero attached hydrogens (tertiary/aromatic N) is 1. The Morgan fingerprint density at radius 2 is 2.12 bits per heavy atom. The van der Waals surface area contributed by atoms with Gasteiger partial charge in [0.05, 0.1) is 19.3 Å². The molecule has 5 nitrogen and oxygen atoms in total. The largest absolute Gasteiger partial charge is 0.494 e. The van der Waals surface area contributed by atoms with Crippen molar-refractivity contribution in [2.75, 3.05) is 33.3 Å². The molecule has 0 aliphatic carbocycles. The van der Waals surface area contributed by atoms with Crippen LogP contribution in [-0.2, 0) is 9.53 Å². The minimum atomic E-state index is -0.445. The van der Waals surface area contributed by atoms with Crippen LogP contribution in [0.2, 0.25) is 0 Å². The monoisotopic (exact) mass is 350 g/mol. The molecular formula is C19H27FN2O3. The van der Waals surface area contributed by atoms with Gasteiger partial charge in [-0.1, -0.05) is 6.07 Å². The molecule has 0 radical (unpaired) electrons. The number of hydrogen-bond acceptors (Lipinski definition) is 4. The summed E-state index contributed by atoms with van der Waals surface area (Å²) < 4.78 is 24.1. The van der Waals surface area contributed by atoms with Gasteiger partial charge in [-0.3, -0.25) is 9.69 Å². The summed E-state index contributed by atoms with van der Waals surface area (Å²) in [6.45, 7) is 7.57. The minimum absolute atomic E-state index is 0.181. The number of nitrogens with one attached hydrogen (secondary N) is 1. The highest BCUT2D eigenvalue weighted by molar-refractivity contribution is 5.91. The molecule has 1 amide bonds. The minimum Gasteiger partial charge on any atom is -0.494 e. The number of methoxy groups -OCH3 is 1. The molecule has 1 aliphatic rings. The fraction of sp³-hybridized carbons (Fsp3) is 0.526. The van der Waals surface area contributed by atoms with Gasteiger partial charge in [0.15, 0.2) is 11.6 Å². The average molecular weight is 350 g/mol. The van der Waals surface area contributed by atoms with E-state index in [-0.39, 0.29) is 23.9 Å². The lowest BCUT2D eigenvalue weighted by Gasteiger charge is -2.35. The highest BCUT2D eigenvalue weighted by atomic mass is 19.1. The lowest BCUT2D eigenvalue weighted by atomic mass is 10.2. The summed E-state index contributed by atoms with van der Waals surface area (Å²) in [6.07, 6.45) is 4.40. The first kappa shape index (κ1) is 19.4. The fourth-order valence-corrected chi connectivity index (χ4v) is 3.00. The van der Waals surface area contributed by atoms with E-state index in [0.717, 1.165) is 26.1 Å². The first-order chi connectivity index (χ1) is 12.0. The number of rotatable bonds is 7. The van der Waals surface area contributed by atoms with E-state index in [2.05, 4.69) is 24.1 Å². The van der Waals surface area contributed by atoms with Crippen LogP contribution in [0.1, 0.15) is 25.8 Å². The Kier molecular flexibility index (Phi) is 7.40. The summed E-state index contributed by atoms with van der Waals surface area (Å²) in [4.78, 5) is 14.2. The number of amides is 1. The van der Waals surface area contributed by atoms with Gasteiger partial charge in [-0.25, -0.2) is 4.39 Å². The molecule has 1 heterocycles. The van der Waals surface area contributed by atoms with Gasteiger partial charge in [-0.15, -0.1) is 0 Å². The van der Waals surface area contributed by atoms with Crippen molar-refractivity contribution in [3.05, 3.63) is 35.7 Å². The molecule has 25 heavy (non-hydrogen) atoms. The van der Waals surface area contributed by atoms with Crippen LogP contribution in [0, 0.1) is 5.82 Å². The van der Waals surface area contributed by atoms with Gasteiger partial charge in [0.2, 0.25) is 5.91 Å². The summed E-state index contributed by atoms with van der Waals surface area (Å²) in [7, 11) is 1.42. The Morgan fingerprint density at radius 1 is 1.40 bits per heavy atom. The predicted octanol–water partition coefficient (Wildman–Crippen LogP) is 2.46. The quantitative estimate of drug-likeness (QED) is 0.606. The maximum absolute atomic E-state index is 13.6. The maximum atomic E-state index is 13.6. The Balaban J connectivity index is 1.69. The molecule has 6 heteroatoms. The topological polar surface area (TPSA) is 50.8 Å². The normalized spacial score (nSPS) is 21.4. The molecule has 2 rings (SSSR count). The van der Waals surface area contributed by atoms with Crippen LogP contribution in [0.25, 0.3) is 6.08 Å². The Labute approximate surface area is 148 Å². The van der Waals surface area contributed by atoms with Gasteiger partial charge in [0, 0.05) is 32.3 Å². The molecule has 1 N–H and O–H groups in total. The van der Waals surface area contributed by atoms with E-state index in [1.807, 2.05) is 0 Å². The van der Waals surface area contributed by atoms with E-state index in [0.29, 0.717) is 12.1 Å². The van der Waals surface area contributed by atoms with Gasteiger partial charge in [-0.05, 0) is 44.0 Å². The van der Waals surface area contributed by atoms with Crippen molar-refractivity contribution >= 4 is 12.0 Å². The molecule has 1 fully saturated rings. The summed E-state index contributed by atoms with van der Waals surface area (Å²) in [5.41, 5.74) is 0.616. The van der Waals surface area contributed by atoms with Crippen LogP contribution in [0.5, 0.6) is 5.75 Å².